The van der Waals surface area contributed by atoms with Crippen molar-refractivity contribution in [1.82, 2.24) is 0 Å². The standard InChI is InChI=1S/C20H26O10/c1-11(6-7-21)10-28-20-18(27)17(26)19(15(9-22)29-20)30-16(25)5-3-12-2-4-13(23)14(24)8-12/h2-6,8,15,17-24,26-27H,7,9-10H2,1H3. The number of benzene rings is 1. The molecule has 1 saturated heterocycles. The van der Waals surface area contributed by atoms with Gasteiger partial charge in [0, 0.05) is 6.08 Å². The number of carbonyl (C=O) groups is 1. The molecule has 1 aromatic carbocycles. The van der Waals surface area contributed by atoms with E-state index in [-0.39, 0.29) is 24.7 Å². The van der Waals surface area contributed by atoms with Crippen LogP contribution >= 0.6 is 0 Å². The second kappa shape index (κ2) is 11.1. The van der Waals surface area contributed by atoms with Gasteiger partial charge in [0.15, 0.2) is 23.9 Å². The molecular formula is C20H26O10. The smallest absolute Gasteiger partial charge is 0.331 e. The van der Waals surface area contributed by atoms with Crippen LogP contribution in [0, 0.1) is 0 Å². The van der Waals surface area contributed by atoms with Crippen molar-refractivity contribution in [2.75, 3.05) is 19.8 Å². The van der Waals surface area contributed by atoms with Crippen molar-refractivity contribution < 1.29 is 49.6 Å². The fourth-order valence-corrected chi connectivity index (χ4v) is 2.75. The Kier molecular flexibility index (Phi) is 8.78. The molecule has 10 nitrogen and oxygen atoms in total. The van der Waals surface area contributed by atoms with Crippen LogP contribution in [-0.4, -0.2) is 87.1 Å². The van der Waals surface area contributed by atoms with Crippen LogP contribution in [0.25, 0.3) is 6.08 Å². The molecule has 0 bridgehead atoms. The van der Waals surface area contributed by atoms with E-state index in [1.54, 1.807) is 6.92 Å². The molecule has 1 heterocycles. The minimum Gasteiger partial charge on any atom is -0.504 e. The minimum absolute atomic E-state index is 0.0137. The lowest BCUT2D eigenvalue weighted by atomic mass is 9.99. The van der Waals surface area contributed by atoms with Crippen molar-refractivity contribution in [3.8, 4) is 11.5 Å². The predicted molar refractivity (Wildman–Crippen MR) is 103 cm³/mol. The monoisotopic (exact) mass is 426 g/mol. The largest absolute Gasteiger partial charge is 0.504 e. The van der Waals surface area contributed by atoms with Crippen LogP contribution in [0.3, 0.4) is 0 Å². The Labute approximate surface area is 172 Å². The van der Waals surface area contributed by atoms with Gasteiger partial charge < -0.3 is 44.8 Å². The van der Waals surface area contributed by atoms with E-state index in [1.807, 2.05) is 0 Å². The molecule has 6 N–H and O–H groups in total. The summed E-state index contributed by atoms with van der Waals surface area (Å²) in [5, 5.41) is 57.7. The van der Waals surface area contributed by atoms with E-state index in [4.69, 9.17) is 19.3 Å². The Morgan fingerprint density at radius 1 is 1.17 bits per heavy atom. The average Bonchev–Trinajstić information content (AvgIpc) is 2.72. The molecule has 1 fully saturated rings. The Morgan fingerprint density at radius 3 is 2.53 bits per heavy atom. The normalized spacial score (nSPS) is 27.4. The van der Waals surface area contributed by atoms with Gasteiger partial charge in [-0.05, 0) is 36.3 Å². The summed E-state index contributed by atoms with van der Waals surface area (Å²) in [6.45, 7) is 0.916. The van der Waals surface area contributed by atoms with Crippen LogP contribution in [0.5, 0.6) is 11.5 Å². The molecule has 0 amide bonds. The number of hydrogen-bond acceptors (Lipinski definition) is 10. The molecule has 1 aromatic rings. The number of rotatable bonds is 8. The first-order valence-corrected chi connectivity index (χ1v) is 9.18. The summed E-state index contributed by atoms with van der Waals surface area (Å²) in [6.07, 6.45) is -3.09. The predicted octanol–water partition coefficient (Wildman–Crippen LogP) is -0.583. The molecule has 166 valence electrons. The summed E-state index contributed by atoms with van der Waals surface area (Å²) in [5.41, 5.74) is 1.07. The summed E-state index contributed by atoms with van der Waals surface area (Å²) in [6, 6.07) is 3.93. The minimum atomic E-state index is -1.59. The van der Waals surface area contributed by atoms with Gasteiger partial charge in [0.2, 0.25) is 0 Å². The maximum atomic E-state index is 12.1. The van der Waals surface area contributed by atoms with Gasteiger partial charge in [-0.1, -0.05) is 12.1 Å². The van der Waals surface area contributed by atoms with E-state index in [1.165, 1.54) is 30.4 Å². The first-order chi connectivity index (χ1) is 14.3. The van der Waals surface area contributed by atoms with E-state index >= 15 is 0 Å². The number of phenols is 2. The highest BCUT2D eigenvalue weighted by atomic mass is 16.7. The van der Waals surface area contributed by atoms with Crippen molar-refractivity contribution in [1.29, 1.82) is 0 Å². The number of aliphatic hydroxyl groups is 4. The van der Waals surface area contributed by atoms with Crippen LogP contribution in [0.2, 0.25) is 0 Å². The zero-order valence-corrected chi connectivity index (χ0v) is 16.3. The summed E-state index contributed by atoms with van der Waals surface area (Å²) < 4.78 is 15.9. The highest BCUT2D eigenvalue weighted by molar-refractivity contribution is 5.87. The van der Waals surface area contributed by atoms with Crippen molar-refractivity contribution in [2.45, 2.75) is 37.6 Å². The third kappa shape index (κ3) is 6.26. The Hall–Kier alpha value is -2.47. The third-order valence-corrected chi connectivity index (χ3v) is 4.40. The van der Waals surface area contributed by atoms with Gasteiger partial charge in [0.05, 0.1) is 19.8 Å². The summed E-state index contributed by atoms with van der Waals surface area (Å²) in [4.78, 5) is 12.1. The van der Waals surface area contributed by atoms with Crippen molar-refractivity contribution >= 4 is 12.0 Å². The first kappa shape index (κ1) is 23.8. The van der Waals surface area contributed by atoms with Gasteiger partial charge >= 0.3 is 5.97 Å². The van der Waals surface area contributed by atoms with Crippen LogP contribution in [0.1, 0.15) is 12.5 Å². The molecule has 2 rings (SSSR count). The quantitative estimate of drug-likeness (QED) is 0.137. The molecule has 0 aliphatic carbocycles. The lowest BCUT2D eigenvalue weighted by Gasteiger charge is -2.41. The second-order valence-corrected chi connectivity index (χ2v) is 6.73. The summed E-state index contributed by atoms with van der Waals surface area (Å²) in [5.74, 6) is -1.56. The average molecular weight is 426 g/mol. The molecule has 10 heteroatoms. The van der Waals surface area contributed by atoms with Gasteiger partial charge in [0.1, 0.15) is 18.3 Å². The van der Waals surface area contributed by atoms with E-state index < -0.39 is 43.3 Å². The molecule has 0 spiro atoms. The molecule has 1 aliphatic rings. The molecule has 0 saturated carbocycles. The molecule has 30 heavy (non-hydrogen) atoms. The van der Waals surface area contributed by atoms with E-state index in [9.17, 15) is 30.3 Å². The van der Waals surface area contributed by atoms with E-state index in [0.717, 1.165) is 6.08 Å². The van der Waals surface area contributed by atoms with E-state index in [2.05, 4.69) is 0 Å². The molecule has 0 aromatic heterocycles. The highest BCUT2D eigenvalue weighted by Crippen LogP contribution is 2.26. The fraction of sp³-hybridized carbons (Fsp3) is 0.450. The zero-order chi connectivity index (χ0) is 22.3. The number of aromatic hydroxyl groups is 2. The summed E-state index contributed by atoms with van der Waals surface area (Å²) in [7, 11) is 0. The number of phenolic OH excluding ortho intramolecular Hbond substituents is 2. The number of ether oxygens (including phenoxy) is 3. The lowest BCUT2D eigenvalue weighted by molar-refractivity contribution is -0.300. The van der Waals surface area contributed by atoms with Crippen LogP contribution < -0.4 is 0 Å². The highest BCUT2D eigenvalue weighted by Gasteiger charge is 2.46. The molecule has 5 unspecified atom stereocenters. The van der Waals surface area contributed by atoms with Crippen molar-refractivity contribution in [3.05, 3.63) is 41.5 Å². The number of carbonyl (C=O) groups excluding carboxylic acids is 1. The molecule has 0 radical (unpaired) electrons. The Balaban J connectivity index is 2.00. The van der Waals surface area contributed by atoms with Crippen LogP contribution in [-0.2, 0) is 19.0 Å². The van der Waals surface area contributed by atoms with Gasteiger partial charge in [-0.15, -0.1) is 0 Å². The topological polar surface area (TPSA) is 166 Å². The zero-order valence-electron chi connectivity index (χ0n) is 16.3. The molecule has 1 aliphatic heterocycles. The summed E-state index contributed by atoms with van der Waals surface area (Å²) >= 11 is 0. The van der Waals surface area contributed by atoms with Gasteiger partial charge in [-0.2, -0.15) is 0 Å². The second-order valence-electron chi connectivity index (χ2n) is 6.73. The first-order valence-electron chi connectivity index (χ1n) is 9.18. The van der Waals surface area contributed by atoms with E-state index in [0.29, 0.717) is 11.1 Å². The maximum absolute atomic E-state index is 12.1. The fourth-order valence-electron chi connectivity index (χ4n) is 2.75. The van der Waals surface area contributed by atoms with Crippen LogP contribution in [0.4, 0.5) is 0 Å². The van der Waals surface area contributed by atoms with Crippen molar-refractivity contribution in [2.24, 2.45) is 0 Å². The van der Waals surface area contributed by atoms with Gasteiger partial charge in [-0.25, -0.2) is 4.79 Å². The number of esters is 1. The number of hydrogen-bond donors (Lipinski definition) is 6. The van der Waals surface area contributed by atoms with Gasteiger partial charge in [-0.3, -0.25) is 0 Å². The maximum Gasteiger partial charge on any atom is 0.331 e. The Bertz CT molecular complexity index is 773. The third-order valence-electron chi connectivity index (χ3n) is 4.40. The molecule has 5 atom stereocenters. The number of aliphatic hydroxyl groups excluding tert-OH is 4. The molecular weight excluding hydrogens is 400 g/mol. The Morgan fingerprint density at radius 2 is 1.90 bits per heavy atom. The SMILES string of the molecule is CC(=CCO)COC1OC(CO)C(OC(=O)C=Cc2ccc(O)c(O)c2)C(O)C1O. The van der Waals surface area contributed by atoms with Crippen LogP contribution in [0.15, 0.2) is 35.9 Å². The van der Waals surface area contributed by atoms with Crippen molar-refractivity contribution in [3.63, 3.8) is 0 Å². The lowest BCUT2D eigenvalue weighted by Crippen LogP contribution is -2.60. The van der Waals surface area contributed by atoms with Gasteiger partial charge in [0.25, 0.3) is 0 Å².